The van der Waals surface area contributed by atoms with Gasteiger partial charge in [-0.3, -0.25) is 0 Å². The number of ether oxygens (including phenoxy) is 2. The maximum absolute atomic E-state index is 11.7. The van der Waals surface area contributed by atoms with Gasteiger partial charge in [-0.1, -0.05) is 0 Å². The van der Waals surface area contributed by atoms with E-state index >= 15 is 0 Å². The number of carbonyl (C=O) groups is 1. The molecule has 0 bridgehead atoms. The fraction of sp³-hybridized carbons (Fsp3) is 0.600. The van der Waals surface area contributed by atoms with Crippen LogP contribution in [0.15, 0.2) is 22.8 Å². The van der Waals surface area contributed by atoms with E-state index in [1.165, 1.54) is 0 Å². The molecule has 6 heteroatoms. The molecule has 5 nitrogen and oxygen atoms in total. The second-order valence-corrected chi connectivity index (χ2v) is 7.13. The predicted molar refractivity (Wildman–Crippen MR) is 83.4 cm³/mol. The van der Waals surface area contributed by atoms with Crippen molar-refractivity contribution in [2.24, 2.45) is 0 Å². The third-order valence-electron chi connectivity index (χ3n) is 3.09. The highest BCUT2D eigenvalue weighted by Gasteiger charge is 2.29. The van der Waals surface area contributed by atoms with Gasteiger partial charge in [0.1, 0.15) is 11.7 Å². The first-order valence-electron chi connectivity index (χ1n) is 7.09. The summed E-state index contributed by atoms with van der Waals surface area (Å²) in [5, 5.41) is 2.89. The molecule has 1 aliphatic rings. The number of nitrogens with one attached hydrogen (secondary N) is 1. The van der Waals surface area contributed by atoms with Gasteiger partial charge < -0.3 is 14.8 Å². The summed E-state index contributed by atoms with van der Waals surface area (Å²) < 4.78 is 12.0. The topological polar surface area (TPSA) is 60.5 Å². The zero-order chi connectivity index (χ0) is 15.5. The zero-order valence-electron chi connectivity index (χ0n) is 12.6. The van der Waals surface area contributed by atoms with Crippen molar-refractivity contribution in [1.82, 2.24) is 10.3 Å². The van der Waals surface area contributed by atoms with Gasteiger partial charge in [0.15, 0.2) is 0 Å². The molecule has 1 heterocycles. The number of carbonyl (C=O) groups excluding carboxylic acids is 1. The van der Waals surface area contributed by atoms with Crippen molar-refractivity contribution < 1.29 is 14.3 Å². The lowest BCUT2D eigenvalue weighted by Crippen LogP contribution is -2.38. The minimum atomic E-state index is -0.472. The molecule has 116 valence electrons. The Labute approximate surface area is 133 Å². The lowest BCUT2D eigenvalue weighted by Gasteiger charge is -2.21. The minimum absolute atomic E-state index is 0.0820. The number of hydrogen-bond acceptors (Lipinski definition) is 4. The highest BCUT2D eigenvalue weighted by atomic mass is 79.9. The third-order valence-corrected chi connectivity index (χ3v) is 3.56. The number of alkyl carbamates (subject to hydrolysis) is 1. The maximum atomic E-state index is 11.7. The molecule has 1 fully saturated rings. The summed E-state index contributed by atoms with van der Waals surface area (Å²) in [7, 11) is 0. The van der Waals surface area contributed by atoms with Crippen molar-refractivity contribution in [3.8, 4) is 5.88 Å². The van der Waals surface area contributed by atoms with E-state index in [1.54, 1.807) is 6.20 Å². The second kappa shape index (κ2) is 6.64. The van der Waals surface area contributed by atoms with Crippen LogP contribution in [-0.4, -0.2) is 28.8 Å². The molecule has 1 saturated carbocycles. The molecule has 0 aromatic carbocycles. The summed E-state index contributed by atoms with van der Waals surface area (Å²) in [6.45, 7) is 5.56. The molecule has 1 N–H and O–H groups in total. The fourth-order valence-corrected chi connectivity index (χ4v) is 2.49. The molecule has 0 saturated heterocycles. The Bertz CT molecular complexity index is 485. The zero-order valence-corrected chi connectivity index (χ0v) is 14.1. The molecule has 1 aliphatic carbocycles. The summed E-state index contributed by atoms with van der Waals surface area (Å²) in [4.78, 5) is 15.9. The lowest BCUT2D eigenvalue weighted by molar-refractivity contribution is 0.0503. The van der Waals surface area contributed by atoms with E-state index in [0.717, 1.165) is 23.7 Å². The third kappa shape index (κ3) is 5.53. The van der Waals surface area contributed by atoms with Crippen LogP contribution in [-0.2, 0) is 4.74 Å². The first kappa shape index (κ1) is 16.1. The number of hydrogen-bond donors (Lipinski definition) is 1. The smallest absolute Gasteiger partial charge is 0.407 e. The standard InChI is InChI=1S/C15H21BrN2O3/c1-15(2,3)21-14(19)18-11-5-6-12(8-11)20-13-7-4-10(16)9-17-13/h4,7,9,11-12H,5-6,8H2,1-3H3,(H,18,19)/t11-,12-/m0/s1. The van der Waals surface area contributed by atoms with Crippen LogP contribution >= 0.6 is 15.9 Å². The van der Waals surface area contributed by atoms with Gasteiger partial charge in [0.05, 0.1) is 0 Å². The maximum Gasteiger partial charge on any atom is 0.407 e. The monoisotopic (exact) mass is 356 g/mol. The molecule has 2 rings (SSSR count). The number of amides is 1. The molecule has 1 aromatic rings. The van der Waals surface area contributed by atoms with E-state index in [0.29, 0.717) is 5.88 Å². The highest BCUT2D eigenvalue weighted by molar-refractivity contribution is 9.10. The number of aromatic nitrogens is 1. The van der Waals surface area contributed by atoms with Gasteiger partial charge in [-0.05, 0) is 55.6 Å². The van der Waals surface area contributed by atoms with E-state index in [-0.39, 0.29) is 18.2 Å². The van der Waals surface area contributed by atoms with Crippen LogP contribution in [0.4, 0.5) is 4.79 Å². The Morgan fingerprint density at radius 3 is 2.76 bits per heavy atom. The van der Waals surface area contributed by atoms with E-state index in [1.807, 2.05) is 32.9 Å². The van der Waals surface area contributed by atoms with E-state index in [2.05, 4.69) is 26.2 Å². The fourth-order valence-electron chi connectivity index (χ4n) is 2.26. The molecule has 1 amide bonds. The van der Waals surface area contributed by atoms with Crippen molar-refractivity contribution in [3.05, 3.63) is 22.8 Å². The first-order chi connectivity index (χ1) is 9.82. The van der Waals surface area contributed by atoms with Gasteiger partial charge >= 0.3 is 6.09 Å². The van der Waals surface area contributed by atoms with Crippen molar-refractivity contribution in [3.63, 3.8) is 0 Å². The molecule has 0 unspecified atom stereocenters. The van der Waals surface area contributed by atoms with Crippen LogP contribution < -0.4 is 10.1 Å². The van der Waals surface area contributed by atoms with Crippen LogP contribution in [0.1, 0.15) is 40.0 Å². The van der Waals surface area contributed by atoms with Gasteiger partial charge in [-0.25, -0.2) is 9.78 Å². The van der Waals surface area contributed by atoms with Crippen LogP contribution in [0.2, 0.25) is 0 Å². The SMILES string of the molecule is CC(C)(C)OC(=O)N[C@H]1CC[C@H](Oc2ccc(Br)cn2)C1. The molecule has 0 spiro atoms. The van der Waals surface area contributed by atoms with E-state index in [4.69, 9.17) is 9.47 Å². The average molecular weight is 357 g/mol. The molecule has 0 radical (unpaired) electrons. The Kier molecular flexibility index (Phi) is 5.08. The molecular formula is C15H21BrN2O3. The summed E-state index contributed by atoms with van der Waals surface area (Å²) in [5.74, 6) is 0.612. The van der Waals surface area contributed by atoms with Crippen LogP contribution in [0.25, 0.3) is 0 Å². The Morgan fingerprint density at radius 1 is 1.38 bits per heavy atom. The largest absolute Gasteiger partial charge is 0.474 e. The number of halogens is 1. The van der Waals surface area contributed by atoms with Crippen LogP contribution in [0, 0.1) is 0 Å². The van der Waals surface area contributed by atoms with Gasteiger partial charge in [0, 0.05) is 29.2 Å². The van der Waals surface area contributed by atoms with Crippen molar-refractivity contribution in [2.45, 2.75) is 57.8 Å². The highest BCUT2D eigenvalue weighted by Crippen LogP contribution is 2.24. The molecule has 1 aromatic heterocycles. The van der Waals surface area contributed by atoms with Crippen LogP contribution in [0.5, 0.6) is 5.88 Å². The Balaban J connectivity index is 1.78. The lowest BCUT2D eigenvalue weighted by atomic mass is 10.2. The normalized spacial score (nSPS) is 21.9. The van der Waals surface area contributed by atoms with E-state index < -0.39 is 5.60 Å². The first-order valence-corrected chi connectivity index (χ1v) is 7.89. The van der Waals surface area contributed by atoms with Gasteiger partial charge in [-0.15, -0.1) is 0 Å². The Morgan fingerprint density at radius 2 is 2.14 bits per heavy atom. The van der Waals surface area contributed by atoms with Crippen molar-refractivity contribution >= 4 is 22.0 Å². The molecule has 21 heavy (non-hydrogen) atoms. The predicted octanol–water partition coefficient (Wildman–Crippen LogP) is 3.67. The summed E-state index contributed by atoms with van der Waals surface area (Å²) >= 11 is 3.34. The summed E-state index contributed by atoms with van der Waals surface area (Å²) in [6.07, 6.45) is 3.99. The van der Waals surface area contributed by atoms with Gasteiger partial charge in [-0.2, -0.15) is 0 Å². The number of pyridine rings is 1. The quantitative estimate of drug-likeness (QED) is 0.897. The average Bonchev–Trinajstić information content (AvgIpc) is 2.77. The van der Waals surface area contributed by atoms with E-state index in [9.17, 15) is 4.79 Å². The summed E-state index contributed by atoms with van der Waals surface area (Å²) in [6, 6.07) is 3.83. The summed E-state index contributed by atoms with van der Waals surface area (Å²) in [5.41, 5.74) is -0.472. The minimum Gasteiger partial charge on any atom is -0.474 e. The van der Waals surface area contributed by atoms with Crippen LogP contribution in [0.3, 0.4) is 0 Å². The number of nitrogens with zero attached hydrogens (tertiary/aromatic N) is 1. The van der Waals surface area contributed by atoms with Gasteiger partial charge in [0.2, 0.25) is 5.88 Å². The number of rotatable bonds is 3. The van der Waals surface area contributed by atoms with Crippen molar-refractivity contribution in [1.29, 1.82) is 0 Å². The molecule has 2 atom stereocenters. The second-order valence-electron chi connectivity index (χ2n) is 6.21. The van der Waals surface area contributed by atoms with Crippen molar-refractivity contribution in [2.75, 3.05) is 0 Å². The Hall–Kier alpha value is -1.30. The molecular weight excluding hydrogens is 336 g/mol. The molecule has 0 aliphatic heterocycles. The van der Waals surface area contributed by atoms with Gasteiger partial charge in [0.25, 0.3) is 0 Å².